The maximum atomic E-state index is 12.1. The standard InChI is InChI=1S/C21H22N2O3.C18H28N2O2.C17H25NO2.C13H16N2O.C13H20N2/c1-15(2)17-9-6-10-18(11-17)19-12-22-20(26-19)13-23-21(24)25-14-16-7-4-3-5-8-16;1-13(2)15-7-9-16(10-8-15)14(3)19-11-12-20-17(21)22-18(4,5)6;1-12(2)14-7-6-13-8-9-18(11-15(13)10-14)16(19)20-17(3,4)5;1-9(2)10-4-3-5-11(6-10)12-8-15-13(7-14)16-12;1-10(2)12-4-6-13(7-5-12)11(3)15-9-8-14/h3-12,15H,13-14H2,1-2H3,(H,23,24);7-10,13,19H,3,11-12H2,1-2,4-6H3,(H,20,21);6-7,10,12H,8-9,11H2,1-5H3;3-6,8-9H,7,14H2,1-2H3;4-7,10,15H,3,8-9,14H2,1-2H3. The summed E-state index contributed by atoms with van der Waals surface area (Å²) in [7, 11) is 0. The molecule has 6 aromatic carbocycles. The summed E-state index contributed by atoms with van der Waals surface area (Å²) >= 11 is 0. The molecule has 0 atom stereocenters. The number of nitrogens with zero attached hydrogens (tertiary/aromatic N) is 3. The van der Waals surface area contributed by atoms with Gasteiger partial charge >= 0.3 is 18.3 Å². The summed E-state index contributed by atoms with van der Waals surface area (Å²) in [6.07, 6.45) is 3.19. The fraction of sp³-hybridized carbons (Fsp3) is 0.402. The van der Waals surface area contributed by atoms with Gasteiger partial charge in [0.05, 0.1) is 25.5 Å². The van der Waals surface area contributed by atoms with Crippen molar-refractivity contribution in [1.29, 1.82) is 0 Å². The Morgan fingerprint density at radius 1 is 0.515 bits per heavy atom. The van der Waals surface area contributed by atoms with E-state index in [-0.39, 0.29) is 19.2 Å². The van der Waals surface area contributed by atoms with Crippen LogP contribution in [0.1, 0.15) is 208 Å². The molecule has 17 heteroatoms. The molecular weight excluding hydrogens is 1240 g/mol. The van der Waals surface area contributed by atoms with Crippen LogP contribution in [-0.4, -0.2) is 77.1 Å². The number of carbonyl (C=O) groups excluding carboxylic acids is 3. The number of alkyl carbamates (subject to hydrolysis) is 2. The highest BCUT2D eigenvalue weighted by Crippen LogP contribution is 2.29. The van der Waals surface area contributed by atoms with Gasteiger partial charge in [-0.3, -0.25) is 0 Å². The lowest BCUT2D eigenvalue weighted by molar-refractivity contribution is 0.0223. The number of amides is 3. The van der Waals surface area contributed by atoms with Crippen LogP contribution in [0.2, 0.25) is 0 Å². The van der Waals surface area contributed by atoms with Crippen molar-refractivity contribution in [2.45, 2.75) is 184 Å². The van der Waals surface area contributed by atoms with Gasteiger partial charge in [0.2, 0.25) is 11.8 Å². The van der Waals surface area contributed by atoms with Gasteiger partial charge in [0.1, 0.15) is 17.8 Å². The fourth-order valence-electron chi connectivity index (χ4n) is 9.76. The van der Waals surface area contributed by atoms with E-state index in [1.165, 1.54) is 38.9 Å². The average Bonchev–Trinajstić information content (AvgIpc) is 1.21. The molecule has 2 aromatic heterocycles. The number of nitrogens with two attached hydrogens (primary N) is 2. The number of benzene rings is 6. The molecule has 0 saturated carbocycles. The average molecular weight is 1350 g/mol. The van der Waals surface area contributed by atoms with Crippen molar-refractivity contribution < 1.29 is 37.4 Å². The number of fused-ring (bicyclic) bond motifs is 1. The lowest BCUT2D eigenvalue weighted by Crippen LogP contribution is -2.39. The minimum atomic E-state index is -0.504. The van der Waals surface area contributed by atoms with Gasteiger partial charge in [0.15, 0.2) is 11.5 Å². The number of rotatable bonds is 21. The van der Waals surface area contributed by atoms with Crippen LogP contribution in [0.25, 0.3) is 34.0 Å². The molecule has 0 bridgehead atoms. The van der Waals surface area contributed by atoms with Crippen LogP contribution >= 0.6 is 0 Å². The Kier molecular flexibility index (Phi) is 32.3. The van der Waals surface area contributed by atoms with E-state index in [1.54, 1.807) is 17.3 Å². The molecule has 1 aliphatic heterocycles. The number of carbonyl (C=O) groups is 3. The molecule has 0 saturated heterocycles. The molecule has 0 aliphatic carbocycles. The second kappa shape index (κ2) is 39.8. The molecule has 0 radical (unpaired) electrons. The van der Waals surface area contributed by atoms with Crippen LogP contribution in [0.4, 0.5) is 14.4 Å². The second-order valence-electron chi connectivity index (χ2n) is 27.8. The Balaban J connectivity index is 0.000000226. The van der Waals surface area contributed by atoms with Crippen LogP contribution in [-0.2, 0) is 46.9 Å². The molecule has 3 amide bonds. The maximum absolute atomic E-state index is 12.1. The first-order valence-corrected chi connectivity index (χ1v) is 34.5. The Morgan fingerprint density at radius 3 is 1.45 bits per heavy atom. The monoisotopic (exact) mass is 1350 g/mol. The van der Waals surface area contributed by atoms with Crippen molar-refractivity contribution in [3.8, 4) is 22.6 Å². The van der Waals surface area contributed by atoms with E-state index >= 15 is 0 Å². The number of hydrogen-bond acceptors (Lipinski definition) is 14. The Hall–Kier alpha value is -9.45. The smallest absolute Gasteiger partial charge is 0.410 e. The normalized spacial score (nSPS) is 11.7. The van der Waals surface area contributed by atoms with Crippen molar-refractivity contribution in [1.82, 2.24) is 36.1 Å². The van der Waals surface area contributed by atoms with Gasteiger partial charge < -0.3 is 60.7 Å². The van der Waals surface area contributed by atoms with Crippen molar-refractivity contribution in [2.24, 2.45) is 11.5 Å². The quantitative estimate of drug-likeness (QED) is 0.0290. The molecule has 3 heterocycles. The largest absolute Gasteiger partial charge is 0.445 e. The van der Waals surface area contributed by atoms with E-state index in [2.05, 4.69) is 205 Å². The Bertz CT molecular complexity index is 3760. The summed E-state index contributed by atoms with van der Waals surface area (Å²) in [5, 5.41) is 11.7. The third-order valence-electron chi connectivity index (χ3n) is 15.6. The van der Waals surface area contributed by atoms with Crippen LogP contribution in [0, 0.1) is 0 Å². The molecule has 17 nitrogen and oxygen atoms in total. The summed E-state index contributed by atoms with van der Waals surface area (Å²) in [5.41, 5.74) is 26.1. The van der Waals surface area contributed by atoms with Crippen molar-refractivity contribution in [3.05, 3.63) is 239 Å². The van der Waals surface area contributed by atoms with Gasteiger partial charge in [-0.05, 0) is 145 Å². The minimum Gasteiger partial charge on any atom is -0.445 e. The summed E-state index contributed by atoms with van der Waals surface area (Å²) in [6, 6.07) is 49.5. The molecule has 0 spiro atoms. The fourth-order valence-corrected chi connectivity index (χ4v) is 9.76. The van der Waals surface area contributed by atoms with Gasteiger partial charge in [0.25, 0.3) is 0 Å². The van der Waals surface area contributed by atoms with E-state index in [0.29, 0.717) is 79.9 Å². The highest BCUT2D eigenvalue weighted by molar-refractivity contribution is 5.69. The van der Waals surface area contributed by atoms with Gasteiger partial charge in [-0.1, -0.05) is 216 Å². The van der Waals surface area contributed by atoms with E-state index < -0.39 is 23.4 Å². The highest BCUT2D eigenvalue weighted by Gasteiger charge is 2.26. The topological polar surface area (TPSA) is 234 Å². The molecule has 0 unspecified atom stereocenters. The number of ether oxygens (including phenoxy) is 3. The van der Waals surface area contributed by atoms with Crippen LogP contribution in [0.3, 0.4) is 0 Å². The molecule has 9 rings (SSSR count). The van der Waals surface area contributed by atoms with Crippen molar-refractivity contribution in [3.63, 3.8) is 0 Å². The third kappa shape index (κ3) is 28.9. The summed E-state index contributed by atoms with van der Waals surface area (Å²) < 4.78 is 27.0. The number of hydrogen-bond donors (Lipinski definition) is 6. The van der Waals surface area contributed by atoms with Gasteiger partial charge in [-0.15, -0.1) is 0 Å². The molecule has 532 valence electrons. The first-order valence-electron chi connectivity index (χ1n) is 34.5. The molecule has 99 heavy (non-hydrogen) atoms. The molecule has 8 aromatic rings. The highest BCUT2D eigenvalue weighted by atomic mass is 16.6. The summed E-state index contributed by atoms with van der Waals surface area (Å²) in [4.78, 5) is 45.5. The van der Waals surface area contributed by atoms with Crippen molar-refractivity contribution >= 4 is 29.7 Å². The minimum absolute atomic E-state index is 0.178. The predicted molar refractivity (Wildman–Crippen MR) is 403 cm³/mol. The zero-order valence-electron chi connectivity index (χ0n) is 61.6. The molecule has 8 N–H and O–H groups in total. The van der Waals surface area contributed by atoms with Crippen molar-refractivity contribution in [2.75, 3.05) is 32.7 Å². The number of aromatic nitrogens is 2. The second-order valence-corrected chi connectivity index (χ2v) is 27.8. The van der Waals surface area contributed by atoms with Crippen LogP contribution < -0.4 is 32.7 Å². The number of nitrogens with one attached hydrogen (secondary N) is 4. The van der Waals surface area contributed by atoms with E-state index in [9.17, 15) is 14.4 Å². The van der Waals surface area contributed by atoms with Gasteiger partial charge in [-0.2, -0.15) is 0 Å². The molecular formula is C82H111N9O8. The summed E-state index contributed by atoms with van der Waals surface area (Å²) in [6.45, 7) is 45.6. The zero-order valence-corrected chi connectivity index (χ0v) is 61.6. The SMILES string of the molecule is C=C(NCCN)c1ccc(C(C)C)cc1.C=C(NCCNC(=O)OC(C)(C)C)c1ccc(C(C)C)cc1.CC(C)c1ccc2c(c1)CN(C(=O)OC(C)(C)C)CC2.CC(C)c1cccc(-c2cnc(CN)o2)c1.CC(C)c1cccc(-c2cnc(CNC(=O)OCc3ccccc3)o2)c1. The van der Waals surface area contributed by atoms with Crippen LogP contribution in [0.15, 0.2) is 180 Å². The Morgan fingerprint density at radius 2 is 0.980 bits per heavy atom. The lowest BCUT2D eigenvalue weighted by Gasteiger charge is -2.31. The van der Waals surface area contributed by atoms with Crippen LogP contribution in [0.5, 0.6) is 0 Å². The first kappa shape index (κ1) is 80.2. The van der Waals surface area contributed by atoms with Gasteiger partial charge in [0, 0.05) is 61.8 Å². The summed E-state index contributed by atoms with van der Waals surface area (Å²) in [5.74, 6) is 5.03. The first-order chi connectivity index (χ1) is 46.9. The molecule has 1 aliphatic rings. The maximum Gasteiger partial charge on any atom is 0.410 e. The van der Waals surface area contributed by atoms with Gasteiger partial charge in [-0.25, -0.2) is 24.4 Å². The number of oxazole rings is 2. The Labute approximate surface area is 590 Å². The van der Waals surface area contributed by atoms with E-state index in [4.69, 9.17) is 34.5 Å². The van der Waals surface area contributed by atoms with E-state index in [0.717, 1.165) is 64.5 Å². The predicted octanol–water partition coefficient (Wildman–Crippen LogP) is 18.1. The van der Waals surface area contributed by atoms with E-state index in [1.807, 2.05) is 96.1 Å². The molecule has 0 fully saturated rings. The third-order valence-corrected chi connectivity index (χ3v) is 15.6. The lowest BCUT2D eigenvalue weighted by atomic mass is 9.93. The zero-order chi connectivity index (χ0) is 72.8.